The molecule has 1 saturated heterocycles. The first kappa shape index (κ1) is 18.4. The molecule has 28 heavy (non-hydrogen) atoms. The third kappa shape index (κ3) is 3.71. The summed E-state index contributed by atoms with van der Waals surface area (Å²) in [6.07, 6.45) is 0. The number of carbonyl (C=O) groups excluding carboxylic acids is 1. The Hall–Kier alpha value is -2.92. The third-order valence-corrected chi connectivity index (χ3v) is 5.38. The zero-order valence-corrected chi connectivity index (χ0v) is 16.5. The summed E-state index contributed by atoms with van der Waals surface area (Å²) in [5.74, 6) is 0.0472. The number of hydrogen-bond donors (Lipinski definition) is 0. The summed E-state index contributed by atoms with van der Waals surface area (Å²) in [6.45, 7) is 8.61. The van der Waals surface area contributed by atoms with Gasteiger partial charge < -0.3 is 9.80 Å². The van der Waals surface area contributed by atoms with Crippen LogP contribution in [-0.4, -0.2) is 58.2 Å². The Morgan fingerprint density at radius 2 is 1.64 bits per heavy atom. The van der Waals surface area contributed by atoms with Crippen molar-refractivity contribution < 1.29 is 4.79 Å². The predicted molar refractivity (Wildman–Crippen MR) is 112 cm³/mol. The van der Waals surface area contributed by atoms with Crippen molar-refractivity contribution in [1.29, 1.82) is 0 Å². The lowest BCUT2D eigenvalue weighted by molar-refractivity contribution is 0.0634. The zero-order chi connectivity index (χ0) is 19.5. The lowest BCUT2D eigenvalue weighted by Gasteiger charge is -2.34. The van der Waals surface area contributed by atoms with Gasteiger partial charge in [-0.25, -0.2) is 4.68 Å². The highest BCUT2D eigenvalue weighted by Gasteiger charge is 2.25. The Labute approximate surface area is 166 Å². The van der Waals surface area contributed by atoms with Gasteiger partial charge in [-0.05, 0) is 31.7 Å². The number of carbonyl (C=O) groups is 1. The standard InChI is InChI=1S/C23H26N4O/c1-3-25-13-15-26(16-14-25)23(28)22-17-21(19-7-5-4-6-8-19)24-27(22)20-11-9-18(2)10-12-20/h4-12,17H,3,13-16H2,1-2H3. The summed E-state index contributed by atoms with van der Waals surface area (Å²) < 4.78 is 1.79. The third-order valence-electron chi connectivity index (χ3n) is 5.38. The van der Waals surface area contributed by atoms with Crippen LogP contribution in [0.4, 0.5) is 0 Å². The summed E-state index contributed by atoms with van der Waals surface area (Å²) in [6, 6.07) is 20.1. The fourth-order valence-electron chi connectivity index (χ4n) is 3.60. The molecule has 3 aromatic rings. The first-order valence-electron chi connectivity index (χ1n) is 9.90. The van der Waals surface area contributed by atoms with Crippen LogP contribution in [0.25, 0.3) is 16.9 Å². The van der Waals surface area contributed by atoms with Crippen LogP contribution in [0.2, 0.25) is 0 Å². The van der Waals surface area contributed by atoms with Crippen molar-refractivity contribution in [2.24, 2.45) is 0 Å². The van der Waals surface area contributed by atoms with E-state index in [1.54, 1.807) is 4.68 Å². The normalized spacial score (nSPS) is 15.0. The van der Waals surface area contributed by atoms with Gasteiger partial charge in [0.2, 0.25) is 0 Å². The fourth-order valence-corrected chi connectivity index (χ4v) is 3.60. The van der Waals surface area contributed by atoms with Crippen LogP contribution in [0.1, 0.15) is 23.0 Å². The average molecular weight is 374 g/mol. The number of rotatable bonds is 4. The van der Waals surface area contributed by atoms with Gasteiger partial charge in [0.1, 0.15) is 5.69 Å². The lowest BCUT2D eigenvalue weighted by atomic mass is 10.1. The highest BCUT2D eigenvalue weighted by atomic mass is 16.2. The number of benzene rings is 2. The van der Waals surface area contributed by atoms with Gasteiger partial charge in [0.05, 0.1) is 11.4 Å². The number of hydrogen-bond acceptors (Lipinski definition) is 3. The average Bonchev–Trinajstić information content (AvgIpc) is 3.20. The maximum atomic E-state index is 13.3. The molecule has 1 aliphatic rings. The van der Waals surface area contributed by atoms with E-state index in [2.05, 4.69) is 18.7 Å². The maximum absolute atomic E-state index is 13.3. The van der Waals surface area contributed by atoms with E-state index >= 15 is 0 Å². The molecule has 144 valence electrons. The number of nitrogens with zero attached hydrogens (tertiary/aromatic N) is 4. The molecular formula is C23H26N4O. The van der Waals surface area contributed by atoms with Crippen LogP contribution in [0.15, 0.2) is 60.7 Å². The molecule has 1 aliphatic heterocycles. The minimum absolute atomic E-state index is 0.0472. The number of piperazine rings is 1. The molecule has 0 aliphatic carbocycles. The van der Waals surface area contributed by atoms with Crippen LogP contribution >= 0.6 is 0 Å². The molecule has 5 heteroatoms. The summed E-state index contributed by atoms with van der Waals surface area (Å²) in [4.78, 5) is 17.7. The Morgan fingerprint density at radius 1 is 0.964 bits per heavy atom. The van der Waals surface area contributed by atoms with E-state index in [0.717, 1.165) is 49.7 Å². The van der Waals surface area contributed by atoms with Gasteiger partial charge in [0.15, 0.2) is 0 Å². The molecule has 1 fully saturated rings. The van der Waals surface area contributed by atoms with Gasteiger partial charge in [-0.2, -0.15) is 5.10 Å². The van der Waals surface area contributed by atoms with Crippen LogP contribution in [0.5, 0.6) is 0 Å². The van der Waals surface area contributed by atoms with Crippen molar-refractivity contribution in [1.82, 2.24) is 19.6 Å². The van der Waals surface area contributed by atoms with Gasteiger partial charge in [0.25, 0.3) is 5.91 Å². The molecule has 0 atom stereocenters. The van der Waals surface area contributed by atoms with Crippen molar-refractivity contribution >= 4 is 5.91 Å². The first-order valence-corrected chi connectivity index (χ1v) is 9.90. The summed E-state index contributed by atoms with van der Waals surface area (Å²) in [5, 5.41) is 4.79. The summed E-state index contributed by atoms with van der Waals surface area (Å²) in [5.41, 5.74) is 4.54. The number of aromatic nitrogens is 2. The topological polar surface area (TPSA) is 41.4 Å². The van der Waals surface area contributed by atoms with E-state index < -0.39 is 0 Å². The summed E-state index contributed by atoms with van der Waals surface area (Å²) >= 11 is 0. The zero-order valence-electron chi connectivity index (χ0n) is 16.5. The largest absolute Gasteiger partial charge is 0.335 e. The lowest BCUT2D eigenvalue weighted by Crippen LogP contribution is -2.48. The van der Waals surface area contributed by atoms with Crippen molar-refractivity contribution in [3.63, 3.8) is 0 Å². The fraction of sp³-hybridized carbons (Fsp3) is 0.304. The van der Waals surface area contributed by atoms with Crippen molar-refractivity contribution in [3.8, 4) is 16.9 Å². The first-order chi connectivity index (χ1) is 13.7. The molecule has 5 nitrogen and oxygen atoms in total. The smallest absolute Gasteiger partial charge is 0.272 e. The second-order valence-electron chi connectivity index (χ2n) is 7.25. The van der Waals surface area contributed by atoms with Gasteiger partial charge >= 0.3 is 0 Å². The molecule has 4 rings (SSSR count). The number of aryl methyl sites for hydroxylation is 1. The molecule has 1 amide bonds. The Kier molecular flexibility index (Phi) is 5.26. The van der Waals surface area contributed by atoms with E-state index in [9.17, 15) is 4.79 Å². The quantitative estimate of drug-likeness (QED) is 0.700. The van der Waals surface area contributed by atoms with Crippen molar-refractivity contribution in [3.05, 3.63) is 71.9 Å². The van der Waals surface area contributed by atoms with Crippen molar-refractivity contribution in [2.45, 2.75) is 13.8 Å². The number of amides is 1. The molecule has 0 bridgehead atoms. The minimum Gasteiger partial charge on any atom is -0.335 e. The number of likely N-dealkylation sites (N-methyl/N-ethyl adjacent to an activating group) is 1. The minimum atomic E-state index is 0.0472. The molecule has 0 saturated carbocycles. The van der Waals surface area contributed by atoms with E-state index in [1.165, 1.54) is 5.56 Å². The van der Waals surface area contributed by atoms with Crippen LogP contribution in [-0.2, 0) is 0 Å². The van der Waals surface area contributed by atoms with E-state index in [1.807, 2.05) is 65.6 Å². The second-order valence-corrected chi connectivity index (χ2v) is 7.25. The molecule has 0 spiro atoms. The molecular weight excluding hydrogens is 348 g/mol. The molecule has 0 radical (unpaired) electrons. The Bertz CT molecular complexity index is 938. The van der Waals surface area contributed by atoms with Gasteiger partial charge in [-0.3, -0.25) is 4.79 Å². The monoisotopic (exact) mass is 374 g/mol. The second kappa shape index (κ2) is 7.98. The Balaban J connectivity index is 1.71. The van der Waals surface area contributed by atoms with E-state index in [4.69, 9.17) is 5.10 Å². The van der Waals surface area contributed by atoms with Crippen molar-refractivity contribution in [2.75, 3.05) is 32.7 Å². The van der Waals surface area contributed by atoms with Crippen LogP contribution < -0.4 is 0 Å². The van der Waals surface area contributed by atoms with Gasteiger partial charge in [-0.1, -0.05) is 55.0 Å². The molecule has 2 aromatic carbocycles. The molecule has 2 heterocycles. The van der Waals surface area contributed by atoms with Gasteiger partial charge in [0, 0.05) is 31.7 Å². The molecule has 1 aromatic heterocycles. The van der Waals surface area contributed by atoms with Gasteiger partial charge in [-0.15, -0.1) is 0 Å². The predicted octanol–water partition coefficient (Wildman–Crippen LogP) is 3.63. The Morgan fingerprint density at radius 3 is 2.29 bits per heavy atom. The van der Waals surface area contributed by atoms with E-state index in [0.29, 0.717) is 5.69 Å². The van der Waals surface area contributed by atoms with Crippen LogP contribution in [0.3, 0.4) is 0 Å². The maximum Gasteiger partial charge on any atom is 0.272 e. The highest BCUT2D eigenvalue weighted by molar-refractivity contribution is 5.94. The molecule has 0 N–H and O–H groups in total. The SMILES string of the molecule is CCN1CCN(C(=O)c2cc(-c3ccccc3)nn2-c2ccc(C)cc2)CC1. The van der Waals surface area contributed by atoms with Crippen LogP contribution in [0, 0.1) is 6.92 Å². The highest BCUT2D eigenvalue weighted by Crippen LogP contribution is 2.23. The summed E-state index contributed by atoms with van der Waals surface area (Å²) in [7, 11) is 0. The van der Waals surface area contributed by atoms with E-state index in [-0.39, 0.29) is 5.91 Å². The molecule has 0 unspecified atom stereocenters.